The Morgan fingerprint density at radius 3 is 2.89 bits per heavy atom. The maximum Gasteiger partial charge on any atom is 0.227 e. The molecule has 0 saturated carbocycles. The van der Waals surface area contributed by atoms with Crippen LogP contribution >= 0.6 is 11.3 Å². The predicted molar refractivity (Wildman–Crippen MR) is 110 cm³/mol. The number of amides is 1. The lowest BCUT2D eigenvalue weighted by atomic mass is 9.85. The van der Waals surface area contributed by atoms with Gasteiger partial charge in [0.25, 0.3) is 0 Å². The number of thiophene rings is 1. The van der Waals surface area contributed by atoms with Gasteiger partial charge in [-0.25, -0.2) is 0 Å². The smallest absolute Gasteiger partial charge is 0.227 e. The molecule has 0 unspecified atom stereocenters. The second kappa shape index (κ2) is 7.02. The van der Waals surface area contributed by atoms with Crippen LogP contribution in [0.2, 0.25) is 0 Å². The summed E-state index contributed by atoms with van der Waals surface area (Å²) in [5.41, 5.74) is 4.57. The summed E-state index contributed by atoms with van der Waals surface area (Å²) in [5, 5.41) is 4.09. The zero-order valence-corrected chi connectivity index (χ0v) is 16.4. The maximum atomic E-state index is 12.8. The minimum Gasteiger partial charge on any atom is -0.365 e. The third-order valence-electron chi connectivity index (χ3n) is 5.86. The zero-order valence-electron chi connectivity index (χ0n) is 15.6. The first-order valence-electron chi connectivity index (χ1n) is 9.62. The average Bonchev–Trinajstić information content (AvgIpc) is 3.45. The van der Waals surface area contributed by atoms with Gasteiger partial charge in [0.2, 0.25) is 5.91 Å². The van der Waals surface area contributed by atoms with E-state index in [9.17, 15) is 4.79 Å². The van der Waals surface area contributed by atoms with Crippen molar-refractivity contribution in [2.45, 2.75) is 24.8 Å². The third kappa shape index (κ3) is 3.07. The highest BCUT2D eigenvalue weighted by atomic mass is 32.1. The molecule has 1 saturated heterocycles. The van der Waals surface area contributed by atoms with Gasteiger partial charge in [-0.1, -0.05) is 6.07 Å². The van der Waals surface area contributed by atoms with Crippen LogP contribution in [0.3, 0.4) is 0 Å². The number of hydrogen-bond acceptors (Lipinski definition) is 5. The third-order valence-corrected chi connectivity index (χ3v) is 6.59. The number of pyridine rings is 2. The first-order valence-corrected chi connectivity index (χ1v) is 10.6. The zero-order chi connectivity index (χ0) is 19.0. The molecule has 28 heavy (non-hydrogen) atoms. The molecule has 5 nitrogen and oxygen atoms in total. The lowest BCUT2D eigenvalue weighted by molar-refractivity contribution is -0.129. The molecular formula is C22H22N4OS. The van der Waals surface area contributed by atoms with E-state index in [1.165, 1.54) is 11.3 Å². The molecule has 2 aliphatic rings. The van der Waals surface area contributed by atoms with E-state index in [1.54, 1.807) is 17.5 Å². The lowest BCUT2D eigenvalue weighted by Crippen LogP contribution is -2.38. The van der Waals surface area contributed by atoms with Crippen molar-refractivity contribution in [3.63, 3.8) is 0 Å². The molecule has 1 atom stereocenters. The molecule has 0 N–H and O–H groups in total. The van der Waals surface area contributed by atoms with Crippen LogP contribution in [0.15, 0.2) is 59.7 Å². The average molecular weight is 391 g/mol. The maximum absolute atomic E-state index is 12.8. The summed E-state index contributed by atoms with van der Waals surface area (Å²) in [7, 11) is 0. The van der Waals surface area contributed by atoms with Gasteiger partial charge in [0.05, 0.1) is 23.2 Å². The summed E-state index contributed by atoms with van der Waals surface area (Å²) in [4.78, 5) is 26.3. The lowest BCUT2D eigenvalue weighted by Gasteiger charge is -2.26. The largest absolute Gasteiger partial charge is 0.365 e. The monoisotopic (exact) mass is 390 g/mol. The number of anilines is 1. The second-order valence-corrected chi connectivity index (χ2v) is 8.52. The summed E-state index contributed by atoms with van der Waals surface area (Å²) in [5.74, 6) is 0.221. The topological polar surface area (TPSA) is 49.3 Å². The van der Waals surface area contributed by atoms with Crippen LogP contribution in [-0.4, -0.2) is 40.4 Å². The Kier molecular flexibility index (Phi) is 4.36. The fraction of sp³-hybridized carbons (Fsp3) is 0.318. The molecule has 142 valence electrons. The molecule has 0 bridgehead atoms. The highest BCUT2D eigenvalue weighted by Crippen LogP contribution is 2.45. The predicted octanol–water partition coefficient (Wildman–Crippen LogP) is 3.27. The highest BCUT2D eigenvalue weighted by molar-refractivity contribution is 7.08. The van der Waals surface area contributed by atoms with E-state index in [-0.39, 0.29) is 11.3 Å². The number of fused-ring (bicyclic) bond motifs is 2. The summed E-state index contributed by atoms with van der Waals surface area (Å²) in [6, 6.07) is 10.3. The minimum atomic E-state index is -0.0664. The van der Waals surface area contributed by atoms with Gasteiger partial charge in [-0.15, -0.1) is 0 Å². The van der Waals surface area contributed by atoms with Crippen molar-refractivity contribution in [2.24, 2.45) is 0 Å². The number of aromatic nitrogens is 2. The Morgan fingerprint density at radius 1 is 1.14 bits per heavy atom. The summed E-state index contributed by atoms with van der Waals surface area (Å²) in [6.07, 6.45) is 7.07. The van der Waals surface area contributed by atoms with Gasteiger partial charge in [-0.05, 0) is 52.6 Å². The molecule has 3 aromatic heterocycles. The van der Waals surface area contributed by atoms with Crippen molar-refractivity contribution in [3.8, 4) is 0 Å². The number of hydrogen-bond donors (Lipinski definition) is 0. The molecule has 5 rings (SSSR count). The van der Waals surface area contributed by atoms with Gasteiger partial charge < -0.3 is 9.80 Å². The van der Waals surface area contributed by atoms with E-state index in [0.29, 0.717) is 6.42 Å². The van der Waals surface area contributed by atoms with E-state index < -0.39 is 0 Å². The summed E-state index contributed by atoms with van der Waals surface area (Å²) >= 11 is 1.64. The van der Waals surface area contributed by atoms with Crippen molar-refractivity contribution in [1.29, 1.82) is 0 Å². The molecule has 1 spiro atoms. The van der Waals surface area contributed by atoms with Crippen molar-refractivity contribution in [3.05, 3.63) is 76.5 Å². The van der Waals surface area contributed by atoms with Crippen LogP contribution in [0.1, 0.15) is 23.2 Å². The molecule has 1 fully saturated rings. The molecule has 3 aromatic rings. The number of nitrogens with zero attached hydrogens (tertiary/aromatic N) is 4. The second-order valence-electron chi connectivity index (χ2n) is 7.74. The SMILES string of the molecule is O=C(Cc1ccsc1)N1CC[C@@]2(C1)CN(Cc1cccnc1)c1cccnc12. The molecule has 5 heterocycles. The molecule has 1 amide bonds. The Balaban J connectivity index is 1.37. The molecule has 0 aliphatic carbocycles. The van der Waals surface area contributed by atoms with Crippen molar-refractivity contribution in [2.75, 3.05) is 24.5 Å². The van der Waals surface area contributed by atoms with Gasteiger partial charge >= 0.3 is 0 Å². The van der Waals surface area contributed by atoms with Gasteiger partial charge in [0, 0.05) is 44.8 Å². The standard InChI is InChI=1S/C22H22N4OS/c27-20(11-17-5-10-28-14-17)25-9-6-22(15-25)16-26(13-18-3-1-7-23-12-18)19-4-2-8-24-21(19)22/h1-5,7-8,10,12,14H,6,9,11,13,15-16H2/t22-/m1/s1. The van der Waals surface area contributed by atoms with Gasteiger partial charge in [-0.3, -0.25) is 14.8 Å². The number of likely N-dealkylation sites (tertiary alicyclic amines) is 1. The fourth-order valence-electron chi connectivity index (χ4n) is 4.53. The number of rotatable bonds is 4. The minimum absolute atomic E-state index is 0.0664. The normalized spacial score (nSPS) is 20.7. The molecule has 0 radical (unpaired) electrons. The van der Waals surface area contributed by atoms with Crippen LogP contribution in [0.4, 0.5) is 5.69 Å². The Bertz CT molecular complexity index is 975. The molecule has 6 heteroatoms. The molecule has 2 aliphatic heterocycles. The van der Waals surface area contributed by atoms with Gasteiger partial charge in [0.1, 0.15) is 0 Å². The van der Waals surface area contributed by atoms with Crippen LogP contribution < -0.4 is 4.90 Å². The Labute approximate surface area is 168 Å². The van der Waals surface area contributed by atoms with Crippen molar-refractivity contribution in [1.82, 2.24) is 14.9 Å². The summed E-state index contributed by atoms with van der Waals surface area (Å²) in [6.45, 7) is 3.27. The number of carbonyl (C=O) groups is 1. The fourth-order valence-corrected chi connectivity index (χ4v) is 5.20. The van der Waals surface area contributed by atoms with Gasteiger partial charge in [-0.2, -0.15) is 11.3 Å². The Morgan fingerprint density at radius 2 is 2.07 bits per heavy atom. The number of carbonyl (C=O) groups excluding carboxylic acids is 1. The van der Waals surface area contributed by atoms with Crippen molar-refractivity contribution < 1.29 is 4.79 Å². The van der Waals surface area contributed by atoms with Crippen molar-refractivity contribution >= 4 is 22.9 Å². The summed E-state index contributed by atoms with van der Waals surface area (Å²) < 4.78 is 0. The van der Waals surface area contributed by atoms with E-state index in [4.69, 9.17) is 4.98 Å². The van der Waals surface area contributed by atoms with Crippen LogP contribution in [-0.2, 0) is 23.2 Å². The van der Waals surface area contributed by atoms with Crippen LogP contribution in [0, 0.1) is 0 Å². The van der Waals surface area contributed by atoms with E-state index in [1.807, 2.05) is 40.9 Å². The van der Waals surface area contributed by atoms with E-state index >= 15 is 0 Å². The molecular weight excluding hydrogens is 368 g/mol. The van der Waals surface area contributed by atoms with Gasteiger partial charge in [0.15, 0.2) is 0 Å². The first kappa shape index (κ1) is 17.4. The Hall–Kier alpha value is -2.73. The van der Waals surface area contributed by atoms with E-state index in [2.05, 4.69) is 27.4 Å². The van der Waals surface area contributed by atoms with E-state index in [0.717, 1.165) is 43.9 Å². The molecule has 0 aromatic carbocycles. The van der Waals surface area contributed by atoms with Crippen LogP contribution in [0.25, 0.3) is 0 Å². The van der Waals surface area contributed by atoms with Crippen LogP contribution in [0.5, 0.6) is 0 Å². The highest BCUT2D eigenvalue weighted by Gasteiger charge is 2.49. The quantitative estimate of drug-likeness (QED) is 0.686. The first-order chi connectivity index (χ1) is 13.7.